The molecular formula is C12H18FN. The van der Waals surface area contributed by atoms with Gasteiger partial charge in [-0.1, -0.05) is 20.3 Å². The molecule has 1 heterocycles. The third-order valence-electron chi connectivity index (χ3n) is 2.59. The molecule has 1 aromatic rings. The van der Waals surface area contributed by atoms with E-state index in [4.69, 9.17) is 0 Å². The molecular weight excluding hydrogens is 177 g/mol. The highest BCUT2D eigenvalue weighted by Gasteiger charge is 2.10. The summed E-state index contributed by atoms with van der Waals surface area (Å²) in [7, 11) is 0. The number of hydrogen-bond acceptors (Lipinski definition) is 1. The monoisotopic (exact) mass is 195 g/mol. The predicted octanol–water partition coefficient (Wildman–Crippen LogP) is 3.82. The summed E-state index contributed by atoms with van der Waals surface area (Å²) in [5.74, 6) is 0.277. The van der Waals surface area contributed by atoms with Crippen molar-refractivity contribution in [2.24, 2.45) is 0 Å². The van der Waals surface area contributed by atoms with Crippen LogP contribution in [0.15, 0.2) is 12.1 Å². The van der Waals surface area contributed by atoms with Gasteiger partial charge in [0.2, 0.25) is 0 Å². The quantitative estimate of drug-likeness (QED) is 0.711. The molecule has 0 aromatic carbocycles. The lowest BCUT2D eigenvalue weighted by atomic mass is 9.96. The van der Waals surface area contributed by atoms with Crippen LogP contribution in [0.4, 0.5) is 4.39 Å². The summed E-state index contributed by atoms with van der Waals surface area (Å²) in [6, 6.07) is 3.34. The Morgan fingerprint density at radius 2 is 2.07 bits per heavy atom. The Morgan fingerprint density at radius 3 is 2.57 bits per heavy atom. The first-order valence-corrected chi connectivity index (χ1v) is 5.32. The van der Waals surface area contributed by atoms with Crippen LogP contribution >= 0.6 is 0 Å². The van der Waals surface area contributed by atoms with E-state index in [0.29, 0.717) is 11.6 Å². The largest absolute Gasteiger partial charge is 0.255 e. The molecule has 0 aliphatic rings. The van der Waals surface area contributed by atoms with Crippen molar-refractivity contribution in [3.05, 3.63) is 29.3 Å². The van der Waals surface area contributed by atoms with E-state index in [1.165, 1.54) is 6.07 Å². The minimum absolute atomic E-state index is 0.208. The third kappa shape index (κ3) is 2.53. The molecule has 14 heavy (non-hydrogen) atoms. The lowest BCUT2D eigenvalue weighted by molar-refractivity contribution is 0.565. The van der Waals surface area contributed by atoms with Gasteiger partial charge in [0.15, 0.2) is 0 Å². The molecule has 0 bridgehead atoms. The molecule has 0 saturated heterocycles. The second-order valence-corrected chi connectivity index (χ2v) is 3.70. The van der Waals surface area contributed by atoms with Crippen molar-refractivity contribution < 1.29 is 4.39 Å². The van der Waals surface area contributed by atoms with Crippen LogP contribution in [0.3, 0.4) is 0 Å². The Labute approximate surface area is 85.4 Å². The number of pyridine rings is 1. The van der Waals surface area contributed by atoms with Crippen LogP contribution in [0.1, 0.15) is 50.4 Å². The number of halogens is 1. The normalized spacial score (nSPS) is 12.9. The van der Waals surface area contributed by atoms with Crippen LogP contribution < -0.4 is 0 Å². The molecule has 1 atom stereocenters. The van der Waals surface area contributed by atoms with Crippen LogP contribution in [0, 0.1) is 12.7 Å². The van der Waals surface area contributed by atoms with E-state index < -0.39 is 0 Å². The van der Waals surface area contributed by atoms with E-state index >= 15 is 0 Å². The average Bonchev–Trinajstić information content (AvgIpc) is 2.19. The van der Waals surface area contributed by atoms with Crippen LogP contribution in [0.5, 0.6) is 0 Å². The van der Waals surface area contributed by atoms with Crippen molar-refractivity contribution in [1.29, 1.82) is 0 Å². The van der Waals surface area contributed by atoms with E-state index in [1.807, 2.05) is 6.07 Å². The van der Waals surface area contributed by atoms with E-state index in [0.717, 1.165) is 25.0 Å². The SMILES string of the molecule is CCCC(CC)c1ccc(F)c(C)n1. The molecule has 0 aliphatic heterocycles. The summed E-state index contributed by atoms with van der Waals surface area (Å²) in [5, 5.41) is 0. The summed E-state index contributed by atoms with van der Waals surface area (Å²) < 4.78 is 13.0. The van der Waals surface area contributed by atoms with Crippen LogP contribution in [-0.4, -0.2) is 4.98 Å². The van der Waals surface area contributed by atoms with E-state index in [2.05, 4.69) is 18.8 Å². The number of hydrogen-bond donors (Lipinski definition) is 0. The Bertz CT molecular complexity index is 296. The van der Waals surface area contributed by atoms with E-state index in [-0.39, 0.29) is 5.82 Å². The van der Waals surface area contributed by atoms with Crippen molar-refractivity contribution in [3.8, 4) is 0 Å². The first-order valence-electron chi connectivity index (χ1n) is 5.32. The highest BCUT2D eigenvalue weighted by Crippen LogP contribution is 2.23. The van der Waals surface area contributed by atoms with Crippen molar-refractivity contribution in [2.45, 2.75) is 46.0 Å². The van der Waals surface area contributed by atoms with Crippen molar-refractivity contribution in [2.75, 3.05) is 0 Å². The van der Waals surface area contributed by atoms with Crippen LogP contribution in [-0.2, 0) is 0 Å². The lowest BCUT2D eigenvalue weighted by Crippen LogP contribution is -2.02. The lowest BCUT2D eigenvalue weighted by Gasteiger charge is -2.13. The van der Waals surface area contributed by atoms with E-state index in [9.17, 15) is 4.39 Å². The number of aryl methyl sites for hydroxylation is 1. The molecule has 1 unspecified atom stereocenters. The van der Waals surface area contributed by atoms with Crippen LogP contribution in [0.25, 0.3) is 0 Å². The molecule has 0 saturated carbocycles. The fourth-order valence-corrected chi connectivity index (χ4v) is 1.70. The van der Waals surface area contributed by atoms with Gasteiger partial charge in [0.05, 0.1) is 5.69 Å². The van der Waals surface area contributed by atoms with Gasteiger partial charge < -0.3 is 0 Å². The second kappa shape index (κ2) is 5.08. The maximum absolute atomic E-state index is 13.0. The molecule has 1 aromatic heterocycles. The van der Waals surface area contributed by atoms with Gasteiger partial charge in [0.25, 0.3) is 0 Å². The molecule has 0 fully saturated rings. The van der Waals surface area contributed by atoms with Gasteiger partial charge in [-0.25, -0.2) is 4.39 Å². The van der Waals surface area contributed by atoms with Gasteiger partial charge in [-0.3, -0.25) is 4.98 Å². The van der Waals surface area contributed by atoms with Crippen molar-refractivity contribution >= 4 is 0 Å². The average molecular weight is 195 g/mol. The molecule has 0 radical (unpaired) electrons. The number of rotatable bonds is 4. The standard InChI is InChI=1S/C12H18FN/c1-4-6-10(5-2)12-8-7-11(13)9(3)14-12/h7-8,10H,4-6H2,1-3H3. The Balaban J connectivity index is 2.88. The van der Waals surface area contributed by atoms with Gasteiger partial charge in [0, 0.05) is 11.6 Å². The van der Waals surface area contributed by atoms with Crippen molar-refractivity contribution in [1.82, 2.24) is 4.98 Å². The minimum atomic E-state index is -0.208. The van der Waals surface area contributed by atoms with Gasteiger partial charge >= 0.3 is 0 Å². The number of nitrogens with zero attached hydrogens (tertiary/aromatic N) is 1. The Hall–Kier alpha value is -0.920. The molecule has 0 amide bonds. The van der Waals surface area contributed by atoms with E-state index in [1.54, 1.807) is 6.92 Å². The Morgan fingerprint density at radius 1 is 1.36 bits per heavy atom. The first kappa shape index (κ1) is 11.2. The smallest absolute Gasteiger partial charge is 0.144 e. The minimum Gasteiger partial charge on any atom is -0.255 e. The third-order valence-corrected chi connectivity index (χ3v) is 2.59. The summed E-state index contributed by atoms with van der Waals surface area (Å²) in [4.78, 5) is 4.29. The summed E-state index contributed by atoms with van der Waals surface area (Å²) in [6.45, 7) is 6.04. The molecule has 0 spiro atoms. The predicted molar refractivity (Wildman–Crippen MR) is 56.9 cm³/mol. The van der Waals surface area contributed by atoms with Crippen LogP contribution in [0.2, 0.25) is 0 Å². The molecule has 1 rings (SSSR count). The Kier molecular flexibility index (Phi) is 4.05. The highest BCUT2D eigenvalue weighted by atomic mass is 19.1. The highest BCUT2D eigenvalue weighted by molar-refractivity contribution is 5.15. The van der Waals surface area contributed by atoms with Gasteiger partial charge in [-0.15, -0.1) is 0 Å². The fraction of sp³-hybridized carbons (Fsp3) is 0.583. The first-order chi connectivity index (χ1) is 6.69. The molecule has 0 N–H and O–H groups in total. The molecule has 1 nitrogen and oxygen atoms in total. The zero-order chi connectivity index (χ0) is 10.6. The zero-order valence-electron chi connectivity index (χ0n) is 9.18. The molecule has 0 aliphatic carbocycles. The van der Waals surface area contributed by atoms with Gasteiger partial charge in [-0.05, 0) is 31.9 Å². The summed E-state index contributed by atoms with van der Waals surface area (Å²) in [5.41, 5.74) is 1.55. The fourth-order valence-electron chi connectivity index (χ4n) is 1.70. The summed E-state index contributed by atoms with van der Waals surface area (Å²) >= 11 is 0. The van der Waals surface area contributed by atoms with Gasteiger partial charge in [0.1, 0.15) is 5.82 Å². The maximum Gasteiger partial charge on any atom is 0.144 e. The molecule has 2 heteroatoms. The maximum atomic E-state index is 13.0. The van der Waals surface area contributed by atoms with Crippen molar-refractivity contribution in [3.63, 3.8) is 0 Å². The second-order valence-electron chi connectivity index (χ2n) is 3.70. The summed E-state index contributed by atoms with van der Waals surface area (Å²) in [6.07, 6.45) is 3.36. The topological polar surface area (TPSA) is 12.9 Å². The number of aromatic nitrogens is 1. The zero-order valence-corrected chi connectivity index (χ0v) is 9.18. The van der Waals surface area contributed by atoms with Gasteiger partial charge in [-0.2, -0.15) is 0 Å². The molecule has 78 valence electrons.